The highest BCUT2D eigenvalue weighted by molar-refractivity contribution is 8.04. The number of unbranched alkanes of at least 4 members (excludes halogenated alkanes) is 5. The molecule has 6 aromatic carbocycles. The fourth-order valence-electron chi connectivity index (χ4n) is 10.1. The summed E-state index contributed by atoms with van der Waals surface area (Å²) in [5, 5.41) is 12.5. The molecule has 0 spiro atoms. The van der Waals surface area contributed by atoms with Gasteiger partial charge in [-0.2, -0.15) is 9.13 Å². The number of aromatic nitrogens is 2. The van der Waals surface area contributed by atoms with E-state index in [4.69, 9.17) is 21.5 Å². The third-order valence-corrected chi connectivity index (χ3v) is 16.5. The fraction of sp³-hybridized carbons (Fsp3) is 0.250. The number of pyridine rings is 2. The lowest BCUT2D eigenvalue weighted by Gasteiger charge is -2.16. The van der Waals surface area contributed by atoms with Crippen LogP contribution in [0.2, 0.25) is 0 Å². The summed E-state index contributed by atoms with van der Waals surface area (Å²) >= 11 is 3.65. The lowest BCUT2D eigenvalue weighted by Crippen LogP contribution is -2.36. The van der Waals surface area contributed by atoms with Crippen molar-refractivity contribution < 1.29 is 9.13 Å². The number of rotatable bonds is 23. The highest BCUT2D eigenvalue weighted by Crippen LogP contribution is 2.47. The van der Waals surface area contributed by atoms with Crippen LogP contribution in [0.4, 0.5) is 23.0 Å². The van der Waals surface area contributed by atoms with E-state index in [0.717, 1.165) is 125 Å². The van der Waals surface area contributed by atoms with Crippen molar-refractivity contribution in [3.63, 3.8) is 0 Å². The van der Waals surface area contributed by atoms with Crippen LogP contribution < -0.4 is 41.0 Å². The maximum atomic E-state index is 6.38. The number of nitrogens with two attached hydrogens (primary N) is 2. The minimum atomic E-state index is 0.732. The van der Waals surface area contributed by atoms with Crippen LogP contribution in [0.25, 0.3) is 45.3 Å². The van der Waals surface area contributed by atoms with Gasteiger partial charge in [-0.05, 0) is 135 Å². The van der Waals surface area contributed by atoms with Gasteiger partial charge in [0, 0.05) is 72.7 Å². The van der Waals surface area contributed by atoms with Crippen LogP contribution in [-0.4, -0.2) is 51.9 Å². The summed E-state index contributed by atoms with van der Waals surface area (Å²) in [7, 11) is 4.31. The van der Waals surface area contributed by atoms with Crippen LogP contribution in [0.3, 0.4) is 0 Å². The first kappa shape index (κ1) is 51.9. The Balaban J connectivity index is 0.652. The number of anilines is 4. The molecule has 6 N–H and O–H groups in total. The summed E-state index contributed by atoms with van der Waals surface area (Å²) in [6, 6.07) is 60.5. The summed E-state index contributed by atoms with van der Waals surface area (Å²) in [6.45, 7) is 3.21. The largest absolute Gasteiger partial charge is 0.387 e. The molecule has 10 rings (SSSR count). The van der Waals surface area contributed by atoms with Crippen molar-refractivity contribution in [2.75, 3.05) is 60.7 Å². The number of nitrogens with one attached hydrogen (secondary N) is 2. The van der Waals surface area contributed by atoms with Gasteiger partial charge in [0.05, 0.1) is 46.2 Å². The fourth-order valence-corrected chi connectivity index (χ4v) is 12.3. The van der Waals surface area contributed by atoms with Crippen LogP contribution in [0.5, 0.6) is 0 Å². The summed E-state index contributed by atoms with van der Waals surface area (Å²) in [4.78, 5) is 16.6. The molecule has 0 bridgehead atoms. The maximum Gasteiger partial charge on any atom is 0.280 e. The lowest BCUT2D eigenvalue weighted by atomic mass is 10.1. The zero-order valence-electron chi connectivity index (χ0n) is 43.9. The Morgan fingerprint density at radius 2 is 0.868 bits per heavy atom. The quantitative estimate of drug-likeness (QED) is 0.0217. The molecule has 0 radical (unpaired) electrons. The van der Waals surface area contributed by atoms with Crippen LogP contribution in [0.1, 0.15) is 75.3 Å². The van der Waals surface area contributed by atoms with Crippen molar-refractivity contribution >= 4 is 92.2 Å². The van der Waals surface area contributed by atoms with E-state index < -0.39 is 0 Å². The molecule has 2 aliphatic rings. The molecular weight excluding hydrogens is 973 g/mol. The number of amidine groups is 2. The Labute approximate surface area is 457 Å². The molecule has 2 aromatic heterocycles. The number of hydrogen-bond acceptors (Lipinski definition) is 8. The molecule has 0 atom stereocenters. The van der Waals surface area contributed by atoms with Gasteiger partial charge in [0.1, 0.15) is 22.4 Å². The van der Waals surface area contributed by atoms with Crippen molar-refractivity contribution in [1.82, 2.24) is 0 Å². The minimum absolute atomic E-state index is 0.732. The standard InChI is InChI=1S/C64H68N10S2/c1-71-55-33-15-17-35-57(55)75-63(71)45-47-43-61(73(49-25-7-3-8-26-49)53-31-13-11-29-51(47)53)69-41-23-5-21-39-67-59(65)37-19-20-38-60(66)68-40-22-6-24-42-70-62-44-48(46-64-72(2)56-34-16-18-36-58(56)76-64)52-30-12-14-32-54(52)74(62)50-27-9-4-10-28-50/h3-4,7-18,25-36,43-46H,5-6,19-24,37-42H2,1-2H3,(H4,65,66,67,68)/p+2/b63-45-,64-46-. The van der Waals surface area contributed by atoms with Crippen molar-refractivity contribution in [1.29, 1.82) is 0 Å². The zero-order chi connectivity index (χ0) is 52.1. The van der Waals surface area contributed by atoms with Gasteiger partial charge in [-0.1, -0.05) is 121 Å². The molecule has 8 aromatic rings. The van der Waals surface area contributed by atoms with Gasteiger partial charge in [0.25, 0.3) is 11.6 Å². The van der Waals surface area contributed by atoms with E-state index in [-0.39, 0.29) is 0 Å². The Morgan fingerprint density at radius 3 is 1.30 bits per heavy atom. The monoisotopic (exact) mass is 1040 g/mol. The molecule has 4 heterocycles. The SMILES string of the molecule is CN1/C(=C/c2cc(NCCCCCN=C(N)CCCCC(N)=NCCCCCNc3cc(/C=C4\Sc5ccccc5N4C)c4ccccc4[n+]3-c3ccccc3)[n+](-c3ccccc3)c3ccccc23)Sc2ccccc21. The molecule has 0 amide bonds. The number of thioether (sulfide) groups is 2. The van der Waals surface area contributed by atoms with Gasteiger partial charge in [0.2, 0.25) is 0 Å². The normalized spacial score (nSPS) is 14.6. The molecule has 0 aliphatic carbocycles. The van der Waals surface area contributed by atoms with E-state index in [9.17, 15) is 0 Å². The second kappa shape index (κ2) is 25.3. The van der Waals surface area contributed by atoms with Crippen molar-refractivity contribution in [3.05, 3.63) is 191 Å². The molecule has 0 saturated heterocycles. The second-order valence-electron chi connectivity index (χ2n) is 19.5. The summed E-state index contributed by atoms with van der Waals surface area (Å²) in [5.41, 5.74) is 22.2. The van der Waals surface area contributed by atoms with E-state index in [1.165, 1.54) is 64.2 Å². The first-order chi connectivity index (χ1) is 37.4. The Bertz CT molecular complexity index is 3180. The first-order valence-electron chi connectivity index (χ1n) is 27.0. The topological polar surface area (TPSA) is 115 Å². The molecular formula is C64H70N10S2+2. The Morgan fingerprint density at radius 1 is 0.474 bits per heavy atom. The molecule has 12 heteroatoms. The van der Waals surface area contributed by atoms with E-state index in [0.29, 0.717) is 0 Å². The van der Waals surface area contributed by atoms with Crippen molar-refractivity contribution in [3.8, 4) is 11.4 Å². The maximum absolute atomic E-state index is 6.38. The van der Waals surface area contributed by atoms with Gasteiger partial charge >= 0.3 is 0 Å². The molecule has 76 heavy (non-hydrogen) atoms. The Kier molecular flexibility index (Phi) is 17.3. The molecule has 0 fully saturated rings. The number of benzene rings is 6. The van der Waals surface area contributed by atoms with Gasteiger partial charge in [-0.15, -0.1) is 0 Å². The number of aliphatic imine (C=N–C) groups is 2. The predicted molar refractivity (Wildman–Crippen MR) is 324 cm³/mol. The predicted octanol–water partition coefficient (Wildman–Crippen LogP) is 13.8. The highest BCUT2D eigenvalue weighted by atomic mass is 32.2. The average molecular weight is 1040 g/mol. The number of fused-ring (bicyclic) bond motifs is 4. The van der Waals surface area contributed by atoms with Crippen molar-refractivity contribution in [2.45, 2.75) is 74.0 Å². The third-order valence-electron chi connectivity index (χ3n) is 14.1. The van der Waals surface area contributed by atoms with E-state index in [1.54, 1.807) is 0 Å². The Hall–Kier alpha value is -7.54. The molecule has 386 valence electrons. The third kappa shape index (κ3) is 12.4. The van der Waals surface area contributed by atoms with Crippen LogP contribution in [0.15, 0.2) is 200 Å². The van der Waals surface area contributed by atoms with Crippen LogP contribution >= 0.6 is 23.5 Å². The summed E-state index contributed by atoms with van der Waals surface area (Å²) < 4.78 is 4.69. The highest BCUT2D eigenvalue weighted by Gasteiger charge is 2.26. The number of para-hydroxylation sites is 6. The van der Waals surface area contributed by atoms with E-state index in [1.807, 2.05) is 23.5 Å². The second-order valence-corrected chi connectivity index (χ2v) is 21.6. The smallest absolute Gasteiger partial charge is 0.280 e. The van der Waals surface area contributed by atoms with Crippen LogP contribution in [0, 0.1) is 0 Å². The van der Waals surface area contributed by atoms with Crippen LogP contribution in [-0.2, 0) is 0 Å². The first-order valence-corrected chi connectivity index (χ1v) is 28.6. The summed E-state index contributed by atoms with van der Waals surface area (Å²) in [6.07, 6.45) is 14.3. The molecule has 10 nitrogen and oxygen atoms in total. The van der Waals surface area contributed by atoms with E-state index in [2.05, 4.69) is 226 Å². The van der Waals surface area contributed by atoms with Gasteiger partial charge < -0.3 is 21.3 Å². The zero-order valence-corrected chi connectivity index (χ0v) is 45.5. The lowest BCUT2D eigenvalue weighted by molar-refractivity contribution is -0.552. The van der Waals surface area contributed by atoms with Gasteiger partial charge in [-0.3, -0.25) is 20.6 Å². The molecule has 2 aliphatic heterocycles. The molecule has 0 unspecified atom stereocenters. The minimum Gasteiger partial charge on any atom is -0.387 e. The van der Waals surface area contributed by atoms with Crippen molar-refractivity contribution in [2.24, 2.45) is 21.5 Å². The van der Waals surface area contributed by atoms with Gasteiger partial charge in [0.15, 0.2) is 0 Å². The summed E-state index contributed by atoms with van der Waals surface area (Å²) in [5.74, 6) is 3.62. The number of nitrogens with zero attached hydrogens (tertiary/aromatic N) is 6. The van der Waals surface area contributed by atoms with E-state index >= 15 is 0 Å². The molecule has 0 saturated carbocycles. The number of hydrogen-bond donors (Lipinski definition) is 4. The van der Waals surface area contributed by atoms with Gasteiger partial charge in [-0.25, -0.2) is 0 Å². The average Bonchev–Trinajstić information content (AvgIpc) is 4.01.